The van der Waals surface area contributed by atoms with Gasteiger partial charge < -0.3 is 0 Å². The van der Waals surface area contributed by atoms with Gasteiger partial charge in [-0.2, -0.15) is 11.8 Å². The van der Waals surface area contributed by atoms with Crippen molar-refractivity contribution >= 4 is 29.3 Å². The molecule has 0 aliphatic rings. The zero-order valence-electron chi connectivity index (χ0n) is 12.4. The Morgan fingerprint density at radius 3 is 2.37 bits per heavy atom. The Morgan fingerprint density at radius 2 is 1.84 bits per heavy atom. The van der Waals surface area contributed by atoms with Crippen LogP contribution in [-0.2, 0) is 0 Å². The molecule has 1 aromatic carbocycles. The van der Waals surface area contributed by atoms with Gasteiger partial charge in [-0.05, 0) is 42.7 Å². The maximum absolute atomic E-state index is 12.5. The van der Waals surface area contributed by atoms with E-state index in [4.69, 9.17) is 0 Å². The number of Topliss-reactive ketones (excluding diaryl/α,β-unsaturated/α-hetero) is 1. The lowest BCUT2D eigenvalue weighted by molar-refractivity contribution is 0.0826. The van der Waals surface area contributed by atoms with Gasteiger partial charge in [-0.3, -0.25) is 4.79 Å². The second-order valence-corrected chi connectivity index (χ2v) is 7.52. The summed E-state index contributed by atoms with van der Waals surface area (Å²) >= 11 is 3.65. The first-order valence-electron chi connectivity index (χ1n) is 6.78. The fourth-order valence-corrected chi connectivity index (χ4v) is 3.05. The molecule has 1 aromatic rings. The van der Waals surface area contributed by atoms with E-state index in [2.05, 4.69) is 20.8 Å². The lowest BCUT2D eigenvalue weighted by Crippen LogP contribution is -2.24. The molecule has 0 spiro atoms. The van der Waals surface area contributed by atoms with E-state index in [1.807, 2.05) is 42.3 Å². The summed E-state index contributed by atoms with van der Waals surface area (Å²) in [5, 5.41) is 0. The van der Waals surface area contributed by atoms with Gasteiger partial charge in [0.1, 0.15) is 0 Å². The van der Waals surface area contributed by atoms with E-state index in [1.54, 1.807) is 11.8 Å². The fourth-order valence-electron chi connectivity index (χ4n) is 2.01. The largest absolute Gasteiger partial charge is 0.294 e. The van der Waals surface area contributed by atoms with Gasteiger partial charge in [0.15, 0.2) is 5.78 Å². The minimum atomic E-state index is -0.255. The zero-order chi connectivity index (χ0) is 14.3. The molecule has 0 aromatic heterocycles. The molecule has 106 valence electrons. The predicted octanol–water partition coefficient (Wildman–Crippen LogP) is 5.15. The summed E-state index contributed by atoms with van der Waals surface area (Å²) < 4.78 is 0. The molecular weight excluding hydrogens is 272 g/mol. The van der Waals surface area contributed by atoms with Crippen LogP contribution in [0.3, 0.4) is 0 Å². The molecule has 0 saturated carbocycles. The first-order chi connectivity index (χ1) is 9.01. The SMILES string of the molecule is CCSCCCC(C)(C)C(=O)c1ccc(SC)cc1. The Hall–Kier alpha value is -0.410. The van der Waals surface area contributed by atoms with Crippen LogP contribution in [0.1, 0.15) is 44.0 Å². The van der Waals surface area contributed by atoms with Crippen LogP contribution in [0.25, 0.3) is 0 Å². The lowest BCUT2D eigenvalue weighted by atomic mass is 9.80. The first kappa shape index (κ1) is 16.6. The van der Waals surface area contributed by atoms with E-state index >= 15 is 0 Å². The van der Waals surface area contributed by atoms with Crippen LogP contribution < -0.4 is 0 Å². The molecule has 3 heteroatoms. The summed E-state index contributed by atoms with van der Waals surface area (Å²) in [4.78, 5) is 13.7. The van der Waals surface area contributed by atoms with Crippen molar-refractivity contribution in [2.45, 2.75) is 38.5 Å². The minimum absolute atomic E-state index is 0.255. The fraction of sp³-hybridized carbons (Fsp3) is 0.562. The zero-order valence-corrected chi connectivity index (χ0v) is 14.0. The van der Waals surface area contributed by atoms with Crippen molar-refractivity contribution in [2.75, 3.05) is 17.8 Å². The molecule has 1 nitrogen and oxygen atoms in total. The summed E-state index contributed by atoms with van der Waals surface area (Å²) in [6.07, 6.45) is 4.12. The van der Waals surface area contributed by atoms with Crippen molar-refractivity contribution in [3.8, 4) is 0 Å². The summed E-state index contributed by atoms with van der Waals surface area (Å²) in [5.41, 5.74) is 0.584. The van der Waals surface area contributed by atoms with Crippen molar-refractivity contribution in [3.05, 3.63) is 29.8 Å². The van der Waals surface area contributed by atoms with E-state index in [1.165, 1.54) is 4.90 Å². The highest BCUT2D eigenvalue weighted by Gasteiger charge is 2.27. The quantitative estimate of drug-likeness (QED) is 0.375. The van der Waals surface area contributed by atoms with Crippen LogP contribution >= 0.6 is 23.5 Å². The van der Waals surface area contributed by atoms with Crippen molar-refractivity contribution in [2.24, 2.45) is 5.41 Å². The average Bonchev–Trinajstić information content (AvgIpc) is 2.43. The van der Waals surface area contributed by atoms with E-state index in [0.717, 1.165) is 29.9 Å². The van der Waals surface area contributed by atoms with Crippen LogP contribution in [-0.4, -0.2) is 23.5 Å². The van der Waals surface area contributed by atoms with E-state index < -0.39 is 0 Å². The van der Waals surface area contributed by atoms with Gasteiger partial charge in [0, 0.05) is 15.9 Å². The Balaban J connectivity index is 2.62. The second-order valence-electron chi connectivity index (χ2n) is 5.24. The maximum Gasteiger partial charge on any atom is 0.168 e. The standard InChI is InChI=1S/C16H24OS2/c1-5-19-12-6-11-16(2,3)15(17)13-7-9-14(18-4)10-8-13/h7-10H,5-6,11-12H2,1-4H3. The van der Waals surface area contributed by atoms with Crippen LogP contribution in [0, 0.1) is 5.41 Å². The third kappa shape index (κ3) is 5.23. The summed E-state index contributed by atoms with van der Waals surface area (Å²) in [7, 11) is 0. The maximum atomic E-state index is 12.5. The number of hydrogen-bond acceptors (Lipinski definition) is 3. The molecule has 0 heterocycles. The van der Waals surface area contributed by atoms with Crippen molar-refractivity contribution in [1.29, 1.82) is 0 Å². The number of rotatable bonds is 8. The number of carbonyl (C=O) groups is 1. The van der Waals surface area contributed by atoms with E-state index in [9.17, 15) is 4.79 Å². The van der Waals surface area contributed by atoms with Crippen LogP contribution in [0.5, 0.6) is 0 Å². The highest BCUT2D eigenvalue weighted by atomic mass is 32.2. The van der Waals surface area contributed by atoms with Crippen LogP contribution in [0.2, 0.25) is 0 Å². The number of ketones is 1. The molecule has 0 saturated heterocycles. The number of carbonyl (C=O) groups excluding carboxylic acids is 1. The summed E-state index contributed by atoms with van der Waals surface area (Å²) in [6, 6.07) is 7.97. The van der Waals surface area contributed by atoms with Gasteiger partial charge in [-0.15, -0.1) is 11.8 Å². The van der Waals surface area contributed by atoms with Gasteiger partial charge in [0.05, 0.1) is 0 Å². The highest BCUT2D eigenvalue weighted by Crippen LogP contribution is 2.29. The highest BCUT2D eigenvalue weighted by molar-refractivity contribution is 7.99. The number of hydrogen-bond donors (Lipinski definition) is 0. The van der Waals surface area contributed by atoms with Gasteiger partial charge in [-0.25, -0.2) is 0 Å². The lowest BCUT2D eigenvalue weighted by Gasteiger charge is -2.23. The molecular formula is C16H24OS2. The van der Waals surface area contributed by atoms with Gasteiger partial charge in [0.25, 0.3) is 0 Å². The molecule has 0 radical (unpaired) electrons. The molecule has 0 atom stereocenters. The second kappa shape index (κ2) is 8.01. The normalized spacial score (nSPS) is 11.6. The Morgan fingerprint density at radius 1 is 1.21 bits per heavy atom. The Labute approximate surface area is 125 Å². The summed E-state index contributed by atoms with van der Waals surface area (Å²) in [5.74, 6) is 2.57. The third-order valence-electron chi connectivity index (χ3n) is 3.26. The van der Waals surface area contributed by atoms with Crippen LogP contribution in [0.4, 0.5) is 0 Å². The number of benzene rings is 1. The predicted molar refractivity (Wildman–Crippen MR) is 88.6 cm³/mol. The first-order valence-corrected chi connectivity index (χ1v) is 9.16. The molecule has 19 heavy (non-hydrogen) atoms. The Bertz CT molecular complexity index is 396. The average molecular weight is 297 g/mol. The molecule has 0 aliphatic carbocycles. The van der Waals surface area contributed by atoms with E-state index in [-0.39, 0.29) is 11.2 Å². The molecule has 0 aliphatic heterocycles. The van der Waals surface area contributed by atoms with Crippen molar-refractivity contribution < 1.29 is 4.79 Å². The van der Waals surface area contributed by atoms with Gasteiger partial charge >= 0.3 is 0 Å². The van der Waals surface area contributed by atoms with Gasteiger partial charge in [0.2, 0.25) is 0 Å². The van der Waals surface area contributed by atoms with Gasteiger partial charge in [-0.1, -0.05) is 32.9 Å². The molecule has 0 bridgehead atoms. The van der Waals surface area contributed by atoms with Crippen LogP contribution in [0.15, 0.2) is 29.2 Å². The monoisotopic (exact) mass is 296 g/mol. The third-order valence-corrected chi connectivity index (χ3v) is 4.99. The molecule has 0 unspecified atom stereocenters. The molecule has 0 amide bonds. The number of thioether (sulfide) groups is 2. The van der Waals surface area contributed by atoms with Crippen molar-refractivity contribution in [1.82, 2.24) is 0 Å². The molecule has 0 fully saturated rings. The Kier molecular flexibility index (Phi) is 7.01. The molecule has 1 rings (SSSR count). The van der Waals surface area contributed by atoms with Crippen molar-refractivity contribution in [3.63, 3.8) is 0 Å². The topological polar surface area (TPSA) is 17.1 Å². The minimum Gasteiger partial charge on any atom is -0.294 e. The smallest absolute Gasteiger partial charge is 0.168 e. The van der Waals surface area contributed by atoms with E-state index in [0.29, 0.717) is 0 Å². The summed E-state index contributed by atoms with van der Waals surface area (Å²) in [6.45, 7) is 6.30. The molecule has 0 N–H and O–H groups in total.